The number of aryl methyl sites for hydroxylation is 2. The Labute approximate surface area is 199 Å². The van der Waals surface area contributed by atoms with E-state index in [0.29, 0.717) is 0 Å². The molecule has 0 spiro atoms. The Kier molecular flexibility index (Phi) is 6.81. The van der Waals surface area contributed by atoms with Crippen molar-refractivity contribution < 1.29 is 22.7 Å². The van der Waals surface area contributed by atoms with Gasteiger partial charge in [0.1, 0.15) is 0 Å². The largest absolute Gasteiger partial charge is 0.452 e. The standard InChI is InChI=1S/C26H26N2O5S/c1-18(2)27-34(31,32)22-11-7-10-21(16-22)26(30)33-17-25(29)28-23-12-5-3-8-19(23)14-15-20-9-4-6-13-24(20)28/h3-13,16,18,27H,14-15,17H2,1-2H3. The molecule has 1 N–H and O–H groups in total. The van der Waals surface area contributed by atoms with E-state index in [1.54, 1.807) is 18.7 Å². The molecule has 0 atom stereocenters. The SMILES string of the molecule is CC(C)NS(=O)(=O)c1cccc(C(=O)OCC(=O)N2c3ccccc3CCc3ccccc32)c1. The number of rotatable bonds is 6. The van der Waals surface area contributed by atoms with Crippen molar-refractivity contribution >= 4 is 33.3 Å². The van der Waals surface area contributed by atoms with Gasteiger partial charge in [0.2, 0.25) is 10.0 Å². The Morgan fingerprint density at radius 2 is 1.50 bits per heavy atom. The summed E-state index contributed by atoms with van der Waals surface area (Å²) in [6.45, 7) is 2.93. The van der Waals surface area contributed by atoms with Gasteiger partial charge in [-0.3, -0.25) is 9.69 Å². The van der Waals surface area contributed by atoms with Crippen LogP contribution in [0.4, 0.5) is 11.4 Å². The van der Waals surface area contributed by atoms with Crippen LogP contribution in [0.2, 0.25) is 0 Å². The van der Waals surface area contributed by atoms with Gasteiger partial charge >= 0.3 is 5.97 Å². The molecule has 0 saturated carbocycles. The number of para-hydroxylation sites is 2. The number of fused-ring (bicyclic) bond motifs is 2. The fraction of sp³-hybridized carbons (Fsp3) is 0.231. The highest BCUT2D eigenvalue weighted by atomic mass is 32.2. The molecular weight excluding hydrogens is 452 g/mol. The third kappa shape index (κ3) is 5.03. The molecule has 4 rings (SSSR count). The van der Waals surface area contributed by atoms with Crippen molar-refractivity contribution in [1.29, 1.82) is 0 Å². The van der Waals surface area contributed by atoms with E-state index in [1.165, 1.54) is 24.3 Å². The van der Waals surface area contributed by atoms with Crippen LogP contribution in [0, 0.1) is 0 Å². The first-order valence-corrected chi connectivity index (χ1v) is 12.5. The molecule has 34 heavy (non-hydrogen) atoms. The minimum absolute atomic E-state index is 0.0441. The van der Waals surface area contributed by atoms with Gasteiger partial charge in [0.05, 0.1) is 21.8 Å². The van der Waals surface area contributed by atoms with E-state index in [4.69, 9.17) is 4.74 Å². The topological polar surface area (TPSA) is 92.8 Å². The number of amides is 1. The summed E-state index contributed by atoms with van der Waals surface area (Å²) in [5.74, 6) is -1.16. The number of ether oxygens (including phenoxy) is 1. The van der Waals surface area contributed by atoms with E-state index < -0.39 is 22.6 Å². The summed E-state index contributed by atoms with van der Waals surface area (Å²) in [7, 11) is -3.77. The molecule has 8 heteroatoms. The second-order valence-electron chi connectivity index (χ2n) is 8.37. The Morgan fingerprint density at radius 1 is 0.912 bits per heavy atom. The second kappa shape index (κ2) is 9.79. The molecule has 0 saturated heterocycles. The number of hydrogen-bond acceptors (Lipinski definition) is 5. The minimum atomic E-state index is -3.77. The molecule has 1 aliphatic rings. The molecule has 0 fully saturated rings. The summed E-state index contributed by atoms with van der Waals surface area (Å²) in [5.41, 5.74) is 3.65. The summed E-state index contributed by atoms with van der Waals surface area (Å²) in [6, 6.07) is 20.6. The quantitative estimate of drug-likeness (QED) is 0.541. The Balaban J connectivity index is 1.55. The maximum absolute atomic E-state index is 13.3. The summed E-state index contributed by atoms with van der Waals surface area (Å²) in [6.07, 6.45) is 1.59. The molecule has 0 radical (unpaired) electrons. The molecule has 0 aliphatic carbocycles. The van der Waals surface area contributed by atoms with Gasteiger partial charge in [0.15, 0.2) is 6.61 Å². The minimum Gasteiger partial charge on any atom is -0.452 e. The van der Waals surface area contributed by atoms with Crippen LogP contribution in [-0.2, 0) is 32.4 Å². The lowest BCUT2D eigenvalue weighted by molar-refractivity contribution is -0.120. The van der Waals surface area contributed by atoms with Crippen LogP contribution < -0.4 is 9.62 Å². The van der Waals surface area contributed by atoms with E-state index in [0.717, 1.165) is 35.3 Å². The van der Waals surface area contributed by atoms with Gasteiger partial charge in [0.25, 0.3) is 5.91 Å². The zero-order valence-corrected chi connectivity index (χ0v) is 19.8. The average molecular weight is 479 g/mol. The number of hydrogen-bond donors (Lipinski definition) is 1. The van der Waals surface area contributed by atoms with E-state index in [2.05, 4.69) is 4.72 Å². The molecule has 1 amide bonds. The number of esters is 1. The molecule has 1 aliphatic heterocycles. The fourth-order valence-corrected chi connectivity index (χ4v) is 5.29. The molecule has 1 heterocycles. The van der Waals surface area contributed by atoms with Gasteiger partial charge in [-0.1, -0.05) is 42.5 Å². The third-order valence-corrected chi connectivity index (χ3v) is 7.13. The van der Waals surface area contributed by atoms with Crippen LogP contribution in [0.1, 0.15) is 35.3 Å². The predicted octanol–water partition coefficient (Wildman–Crippen LogP) is 3.99. The van der Waals surface area contributed by atoms with Gasteiger partial charge < -0.3 is 4.74 Å². The fourth-order valence-electron chi connectivity index (χ4n) is 3.99. The summed E-state index contributed by atoms with van der Waals surface area (Å²) in [4.78, 5) is 27.5. The van der Waals surface area contributed by atoms with Crippen molar-refractivity contribution in [2.75, 3.05) is 11.5 Å². The number of anilines is 2. The lowest BCUT2D eigenvalue weighted by Gasteiger charge is -2.24. The first-order chi connectivity index (χ1) is 16.3. The first-order valence-electron chi connectivity index (χ1n) is 11.0. The smallest absolute Gasteiger partial charge is 0.338 e. The van der Waals surface area contributed by atoms with Crippen LogP contribution in [0.15, 0.2) is 77.7 Å². The first kappa shape index (κ1) is 23.7. The average Bonchev–Trinajstić information content (AvgIpc) is 2.98. The highest BCUT2D eigenvalue weighted by molar-refractivity contribution is 7.89. The molecule has 0 unspecified atom stereocenters. The number of carbonyl (C=O) groups is 2. The van der Waals surface area contributed by atoms with Crippen molar-refractivity contribution in [1.82, 2.24) is 4.72 Å². The number of carbonyl (C=O) groups excluding carboxylic acids is 2. The zero-order chi connectivity index (χ0) is 24.3. The lowest BCUT2D eigenvalue weighted by Crippen LogP contribution is -2.31. The van der Waals surface area contributed by atoms with Crippen molar-refractivity contribution in [3.63, 3.8) is 0 Å². The predicted molar refractivity (Wildman–Crippen MR) is 130 cm³/mol. The number of sulfonamides is 1. The van der Waals surface area contributed by atoms with Gasteiger partial charge in [-0.05, 0) is 68.1 Å². The molecular formula is C26H26N2O5S. The van der Waals surface area contributed by atoms with Gasteiger partial charge in [-0.2, -0.15) is 0 Å². The van der Waals surface area contributed by atoms with Crippen molar-refractivity contribution in [2.24, 2.45) is 0 Å². The van der Waals surface area contributed by atoms with Gasteiger partial charge in [0, 0.05) is 6.04 Å². The van der Waals surface area contributed by atoms with Crippen molar-refractivity contribution in [3.05, 3.63) is 89.5 Å². The lowest BCUT2D eigenvalue weighted by atomic mass is 10.0. The summed E-state index contributed by atoms with van der Waals surface area (Å²) < 4.78 is 32.7. The highest BCUT2D eigenvalue weighted by Crippen LogP contribution is 2.36. The van der Waals surface area contributed by atoms with Crippen LogP contribution in [-0.4, -0.2) is 32.9 Å². The molecule has 7 nitrogen and oxygen atoms in total. The summed E-state index contributed by atoms with van der Waals surface area (Å²) in [5, 5.41) is 0. The molecule has 0 aromatic heterocycles. The normalized spacial score (nSPS) is 13.1. The molecule has 3 aromatic rings. The van der Waals surface area contributed by atoms with E-state index in [9.17, 15) is 18.0 Å². The third-order valence-electron chi connectivity index (χ3n) is 5.48. The van der Waals surface area contributed by atoms with Crippen LogP contribution in [0.5, 0.6) is 0 Å². The maximum atomic E-state index is 13.3. The molecule has 3 aromatic carbocycles. The van der Waals surface area contributed by atoms with Gasteiger partial charge in [-0.25, -0.2) is 17.9 Å². The zero-order valence-electron chi connectivity index (χ0n) is 19.0. The highest BCUT2D eigenvalue weighted by Gasteiger charge is 2.26. The second-order valence-corrected chi connectivity index (χ2v) is 10.1. The van der Waals surface area contributed by atoms with Crippen molar-refractivity contribution in [3.8, 4) is 0 Å². The van der Waals surface area contributed by atoms with Crippen LogP contribution in [0.3, 0.4) is 0 Å². The Morgan fingerprint density at radius 3 is 2.09 bits per heavy atom. The monoisotopic (exact) mass is 478 g/mol. The molecule has 0 bridgehead atoms. The Hall–Kier alpha value is -3.49. The number of nitrogens with one attached hydrogen (secondary N) is 1. The number of benzene rings is 3. The maximum Gasteiger partial charge on any atom is 0.338 e. The Bertz CT molecular complexity index is 1290. The van der Waals surface area contributed by atoms with E-state index in [-0.39, 0.29) is 22.4 Å². The van der Waals surface area contributed by atoms with Crippen molar-refractivity contribution in [2.45, 2.75) is 37.6 Å². The van der Waals surface area contributed by atoms with Gasteiger partial charge in [-0.15, -0.1) is 0 Å². The van der Waals surface area contributed by atoms with E-state index in [1.807, 2.05) is 48.5 Å². The van der Waals surface area contributed by atoms with Crippen LogP contribution >= 0.6 is 0 Å². The molecule has 176 valence electrons. The van der Waals surface area contributed by atoms with E-state index >= 15 is 0 Å². The number of nitrogens with zero attached hydrogens (tertiary/aromatic N) is 1. The summed E-state index contributed by atoms with van der Waals surface area (Å²) >= 11 is 0. The van der Waals surface area contributed by atoms with Crippen LogP contribution in [0.25, 0.3) is 0 Å².